The van der Waals surface area contributed by atoms with E-state index >= 15 is 0 Å². The van der Waals surface area contributed by atoms with Gasteiger partial charge >= 0.3 is 12.1 Å². The van der Waals surface area contributed by atoms with E-state index in [1.807, 2.05) is 19.1 Å². The summed E-state index contributed by atoms with van der Waals surface area (Å²) in [6.45, 7) is 2.74. The Labute approximate surface area is 197 Å². The van der Waals surface area contributed by atoms with Crippen LogP contribution in [0.5, 0.6) is 0 Å². The Balaban J connectivity index is 1.96. The highest BCUT2D eigenvalue weighted by Crippen LogP contribution is 2.34. The second kappa shape index (κ2) is 9.21. The Bertz CT molecular complexity index is 1490. The average Bonchev–Trinajstić information content (AvgIpc) is 3.10. The molecule has 35 heavy (non-hydrogen) atoms. The minimum Gasteiger partial charge on any atom is -0.340 e. The number of rotatable bonds is 6. The van der Waals surface area contributed by atoms with Crippen molar-refractivity contribution in [2.75, 3.05) is 0 Å². The molecule has 0 N–H and O–H groups in total. The third kappa shape index (κ3) is 5.01. The van der Waals surface area contributed by atoms with Crippen molar-refractivity contribution >= 4 is 39.2 Å². The monoisotopic (exact) mass is 483 g/mol. The molecule has 1 aromatic heterocycles. The van der Waals surface area contributed by atoms with Crippen molar-refractivity contribution in [3.05, 3.63) is 87.5 Å². The van der Waals surface area contributed by atoms with Crippen LogP contribution >= 0.6 is 0 Å². The van der Waals surface area contributed by atoms with Crippen molar-refractivity contribution in [2.24, 2.45) is 5.16 Å². The van der Waals surface area contributed by atoms with Crippen LogP contribution in [0.25, 0.3) is 21.8 Å². The maximum Gasteiger partial charge on any atom is 0.390 e. The largest absolute Gasteiger partial charge is 0.390 e. The summed E-state index contributed by atoms with van der Waals surface area (Å²) in [6, 6.07) is 16.4. The molecule has 0 radical (unpaired) electrons. The Morgan fingerprint density at radius 2 is 1.71 bits per heavy atom. The van der Waals surface area contributed by atoms with E-state index in [2.05, 4.69) is 5.16 Å². The molecule has 0 saturated carbocycles. The normalized spacial score (nSPS) is 12.3. The summed E-state index contributed by atoms with van der Waals surface area (Å²) in [7, 11) is 0. The van der Waals surface area contributed by atoms with Crippen LogP contribution in [0.15, 0.2) is 65.8 Å². The van der Waals surface area contributed by atoms with Gasteiger partial charge in [0, 0.05) is 58.5 Å². The van der Waals surface area contributed by atoms with Gasteiger partial charge in [-0.15, -0.1) is 0 Å². The summed E-state index contributed by atoms with van der Waals surface area (Å²) in [4.78, 5) is 27.2. The Kier molecular flexibility index (Phi) is 6.29. The van der Waals surface area contributed by atoms with E-state index in [4.69, 9.17) is 4.84 Å². The zero-order valence-electron chi connectivity index (χ0n) is 18.8. The number of oxime groups is 1. The van der Waals surface area contributed by atoms with Crippen molar-refractivity contribution in [1.29, 1.82) is 0 Å². The van der Waals surface area contributed by atoms with Crippen LogP contribution in [0.1, 0.15) is 30.0 Å². The molecule has 1 heterocycles. The predicted molar refractivity (Wildman–Crippen MR) is 125 cm³/mol. The summed E-state index contributed by atoms with van der Waals surface area (Å²) >= 11 is 0. The number of nitro benzene ring substituents is 1. The number of fused-ring (bicyclic) bond motifs is 3. The lowest BCUT2D eigenvalue weighted by atomic mass is 9.97. The first-order valence-corrected chi connectivity index (χ1v) is 10.6. The molecule has 0 amide bonds. The van der Waals surface area contributed by atoms with Crippen molar-refractivity contribution in [3.8, 4) is 0 Å². The van der Waals surface area contributed by atoms with Gasteiger partial charge in [0.05, 0.1) is 11.3 Å². The van der Waals surface area contributed by atoms with E-state index in [-0.39, 0.29) is 12.2 Å². The molecular formula is C25H20F3N3O4. The third-order valence-electron chi connectivity index (χ3n) is 5.62. The van der Waals surface area contributed by atoms with Gasteiger partial charge in [-0.1, -0.05) is 35.5 Å². The highest BCUT2D eigenvalue weighted by atomic mass is 19.4. The maximum atomic E-state index is 13.0. The Hall–Kier alpha value is -4.21. The second-order valence-electron chi connectivity index (χ2n) is 8.04. The highest BCUT2D eigenvalue weighted by Gasteiger charge is 2.28. The zero-order chi connectivity index (χ0) is 25.3. The average molecular weight is 483 g/mol. The number of benzene rings is 3. The molecule has 180 valence electrons. The fraction of sp³-hybridized carbons (Fsp3) is 0.200. The molecule has 0 aliphatic heterocycles. The lowest BCUT2D eigenvalue weighted by molar-refractivity contribution is -0.384. The van der Waals surface area contributed by atoms with E-state index in [1.54, 1.807) is 30.3 Å². The molecule has 0 fully saturated rings. The van der Waals surface area contributed by atoms with Crippen LogP contribution in [-0.2, 0) is 16.2 Å². The minimum atomic E-state index is -4.36. The van der Waals surface area contributed by atoms with E-state index < -0.39 is 23.5 Å². The van der Waals surface area contributed by atoms with Crippen molar-refractivity contribution in [2.45, 2.75) is 33.0 Å². The van der Waals surface area contributed by atoms with E-state index in [0.717, 1.165) is 5.56 Å². The lowest BCUT2D eigenvalue weighted by Gasteiger charge is -2.11. The predicted octanol–water partition coefficient (Wildman–Crippen LogP) is 6.28. The molecule has 0 atom stereocenters. The van der Waals surface area contributed by atoms with Gasteiger partial charge in [-0.25, -0.2) is 4.79 Å². The first-order chi connectivity index (χ1) is 16.5. The molecule has 0 spiro atoms. The van der Waals surface area contributed by atoms with Gasteiger partial charge in [0.1, 0.15) is 5.71 Å². The molecule has 0 aliphatic carbocycles. The topological polar surface area (TPSA) is 86.7 Å². The van der Waals surface area contributed by atoms with Crippen molar-refractivity contribution < 1.29 is 27.7 Å². The molecule has 0 saturated heterocycles. The number of hydrogen-bond donors (Lipinski definition) is 0. The van der Waals surface area contributed by atoms with Crippen LogP contribution < -0.4 is 0 Å². The number of alkyl halides is 3. The van der Waals surface area contributed by atoms with Crippen LogP contribution in [0.3, 0.4) is 0 Å². The number of nitrogens with zero attached hydrogens (tertiary/aromatic N) is 3. The molecule has 0 bridgehead atoms. The van der Waals surface area contributed by atoms with Crippen molar-refractivity contribution in [1.82, 2.24) is 4.57 Å². The summed E-state index contributed by atoms with van der Waals surface area (Å²) in [5.74, 6) is -0.614. The Morgan fingerprint density at radius 3 is 2.34 bits per heavy atom. The van der Waals surface area contributed by atoms with Gasteiger partial charge in [-0.3, -0.25) is 10.1 Å². The number of carbonyl (C=O) groups excluding carboxylic acids is 1. The van der Waals surface area contributed by atoms with Gasteiger partial charge in [0.15, 0.2) is 0 Å². The molecule has 3 aromatic carbocycles. The van der Waals surface area contributed by atoms with Crippen molar-refractivity contribution in [3.63, 3.8) is 0 Å². The third-order valence-corrected chi connectivity index (χ3v) is 5.62. The summed E-state index contributed by atoms with van der Waals surface area (Å²) in [5.41, 5.74) is 3.20. The zero-order valence-corrected chi connectivity index (χ0v) is 18.8. The second-order valence-corrected chi connectivity index (χ2v) is 8.04. The number of halogens is 3. The molecule has 0 aliphatic rings. The molecular weight excluding hydrogens is 463 g/mol. The first-order valence-electron chi connectivity index (χ1n) is 10.6. The van der Waals surface area contributed by atoms with Crippen LogP contribution in [0.2, 0.25) is 0 Å². The summed E-state index contributed by atoms with van der Waals surface area (Å²) < 4.78 is 40.5. The molecule has 4 aromatic rings. The highest BCUT2D eigenvalue weighted by molar-refractivity contribution is 6.17. The van der Waals surface area contributed by atoms with Gasteiger partial charge in [-0.2, -0.15) is 13.2 Å². The quantitative estimate of drug-likeness (QED) is 0.140. The number of carbonyl (C=O) groups is 1. The smallest absolute Gasteiger partial charge is 0.340 e. The number of non-ortho nitro benzene ring substituents is 1. The molecule has 4 rings (SSSR count). The standard InChI is InChI=1S/C25H20F3N3O4/c1-15-5-3-4-6-19(15)24(29-35-16(2)32)17-7-9-22-20(13-17)21-14-18(31(33)34)8-10-23(21)30(22)12-11-25(26,27)28/h3-10,13-14H,11-12H2,1-2H3/b29-24+. The number of hydrogen-bond acceptors (Lipinski definition) is 5. The summed E-state index contributed by atoms with van der Waals surface area (Å²) in [6.07, 6.45) is -5.41. The van der Waals surface area contributed by atoms with Gasteiger partial charge < -0.3 is 9.40 Å². The SMILES string of the molecule is CC(=O)O/N=C(\c1ccc2c(c1)c1cc([N+](=O)[O-])ccc1n2CCC(F)(F)F)c1ccccc1C. The van der Waals surface area contributed by atoms with E-state index in [0.29, 0.717) is 38.6 Å². The lowest BCUT2D eigenvalue weighted by Crippen LogP contribution is -2.12. The molecule has 10 heteroatoms. The maximum absolute atomic E-state index is 13.0. The number of aryl methyl sites for hydroxylation is 2. The minimum absolute atomic E-state index is 0.175. The van der Waals surface area contributed by atoms with E-state index in [9.17, 15) is 28.1 Å². The fourth-order valence-electron chi connectivity index (χ4n) is 4.04. The van der Waals surface area contributed by atoms with Crippen LogP contribution in [0.4, 0.5) is 18.9 Å². The Morgan fingerprint density at radius 1 is 1.06 bits per heavy atom. The van der Waals surface area contributed by atoms with Gasteiger partial charge in [0.2, 0.25) is 0 Å². The molecule has 0 unspecified atom stereocenters. The fourth-order valence-corrected chi connectivity index (χ4v) is 4.04. The number of aromatic nitrogens is 1. The molecule has 7 nitrogen and oxygen atoms in total. The van der Waals surface area contributed by atoms with Crippen LogP contribution in [0, 0.1) is 17.0 Å². The van der Waals surface area contributed by atoms with Crippen LogP contribution in [-0.4, -0.2) is 27.3 Å². The number of nitro groups is 1. The van der Waals surface area contributed by atoms with Gasteiger partial charge in [0.25, 0.3) is 5.69 Å². The van der Waals surface area contributed by atoms with Gasteiger partial charge in [-0.05, 0) is 30.7 Å². The summed E-state index contributed by atoms with van der Waals surface area (Å²) in [5, 5.41) is 16.4. The first kappa shape index (κ1) is 23.9. The van der Waals surface area contributed by atoms with E-state index in [1.165, 1.54) is 29.7 Å².